The molecule has 1 aromatic carbocycles. The van der Waals surface area contributed by atoms with E-state index in [-0.39, 0.29) is 25.0 Å². The zero-order chi connectivity index (χ0) is 16.4. The number of fused-ring (bicyclic) bond motifs is 1. The van der Waals surface area contributed by atoms with Crippen LogP contribution in [0.3, 0.4) is 0 Å². The molecule has 0 radical (unpaired) electrons. The van der Waals surface area contributed by atoms with E-state index in [9.17, 15) is 9.59 Å². The molecule has 0 aromatic heterocycles. The molecule has 0 fully saturated rings. The van der Waals surface area contributed by atoms with Gasteiger partial charge in [-0.15, -0.1) is 0 Å². The van der Waals surface area contributed by atoms with Gasteiger partial charge in [0, 0.05) is 12.1 Å². The van der Waals surface area contributed by atoms with Crippen LogP contribution in [0.1, 0.15) is 36.5 Å². The molecule has 2 rings (SSSR count). The van der Waals surface area contributed by atoms with Crippen LogP contribution in [-0.2, 0) is 9.59 Å². The second-order valence-electron chi connectivity index (χ2n) is 6.34. The number of carboxylic acid groups (broad SMARTS) is 1. The maximum Gasteiger partial charge on any atom is 0.323 e. The maximum absolute atomic E-state index is 12.8. The maximum atomic E-state index is 12.8. The Morgan fingerprint density at radius 3 is 2.55 bits per heavy atom. The van der Waals surface area contributed by atoms with E-state index in [2.05, 4.69) is 0 Å². The van der Waals surface area contributed by atoms with Gasteiger partial charge in [-0.3, -0.25) is 9.59 Å². The predicted octanol–water partition coefficient (Wildman–Crippen LogP) is 2.35. The van der Waals surface area contributed by atoms with E-state index in [1.165, 1.54) is 4.90 Å². The van der Waals surface area contributed by atoms with Crippen molar-refractivity contribution in [3.05, 3.63) is 28.8 Å². The summed E-state index contributed by atoms with van der Waals surface area (Å²) >= 11 is 0. The summed E-state index contributed by atoms with van der Waals surface area (Å²) in [7, 11) is 0. The highest BCUT2D eigenvalue weighted by Crippen LogP contribution is 2.37. The molecular formula is C17H23NO4. The van der Waals surface area contributed by atoms with Gasteiger partial charge >= 0.3 is 5.97 Å². The summed E-state index contributed by atoms with van der Waals surface area (Å²) in [4.78, 5) is 25.2. The highest BCUT2D eigenvalue weighted by Gasteiger charge is 2.34. The zero-order valence-corrected chi connectivity index (χ0v) is 13.5. The first-order valence-electron chi connectivity index (χ1n) is 7.54. The summed E-state index contributed by atoms with van der Waals surface area (Å²) in [5.41, 5.74) is 3.10. The number of aryl methyl sites for hydroxylation is 2. The van der Waals surface area contributed by atoms with Crippen molar-refractivity contribution in [3.8, 4) is 5.75 Å². The molecule has 1 atom stereocenters. The number of carboxylic acids is 1. The molecule has 5 nitrogen and oxygen atoms in total. The highest BCUT2D eigenvalue weighted by molar-refractivity contribution is 5.88. The molecule has 0 spiro atoms. The van der Waals surface area contributed by atoms with Gasteiger partial charge in [0.15, 0.2) is 0 Å². The number of hydrogen-bond acceptors (Lipinski definition) is 3. The van der Waals surface area contributed by atoms with E-state index in [4.69, 9.17) is 9.84 Å². The van der Waals surface area contributed by atoms with Crippen LogP contribution in [0.5, 0.6) is 5.75 Å². The van der Waals surface area contributed by atoms with Crippen LogP contribution in [0.4, 0.5) is 0 Å². The molecule has 5 heteroatoms. The number of ether oxygens (including phenoxy) is 1. The molecular weight excluding hydrogens is 282 g/mol. The Morgan fingerprint density at radius 2 is 1.95 bits per heavy atom. The minimum Gasteiger partial charge on any atom is -0.492 e. The number of amides is 1. The second-order valence-corrected chi connectivity index (χ2v) is 6.34. The molecule has 1 aliphatic rings. The van der Waals surface area contributed by atoms with Gasteiger partial charge in [-0.2, -0.15) is 0 Å². The van der Waals surface area contributed by atoms with Crippen LogP contribution in [0.2, 0.25) is 0 Å². The molecule has 0 bridgehead atoms. The molecule has 1 aliphatic heterocycles. The van der Waals surface area contributed by atoms with E-state index in [0.29, 0.717) is 6.54 Å². The number of carbonyl (C=O) groups excluding carboxylic acids is 1. The lowest BCUT2D eigenvalue weighted by Crippen LogP contribution is -2.41. The first-order chi connectivity index (χ1) is 10.3. The lowest BCUT2D eigenvalue weighted by atomic mass is 9.95. The van der Waals surface area contributed by atoms with E-state index < -0.39 is 11.9 Å². The van der Waals surface area contributed by atoms with Crippen LogP contribution in [0.25, 0.3) is 0 Å². The van der Waals surface area contributed by atoms with Gasteiger partial charge < -0.3 is 14.7 Å². The molecule has 22 heavy (non-hydrogen) atoms. The molecule has 0 saturated carbocycles. The Bertz CT molecular complexity index is 595. The Morgan fingerprint density at radius 1 is 1.32 bits per heavy atom. The lowest BCUT2D eigenvalue weighted by molar-refractivity contribution is -0.145. The summed E-state index contributed by atoms with van der Waals surface area (Å²) in [6.45, 7) is 8.38. The SMILES string of the molecule is Cc1cc2c(cc1C)C(C(=O)N(CC(=O)O)CC(C)C)CO2. The van der Waals surface area contributed by atoms with Crippen molar-refractivity contribution in [2.24, 2.45) is 5.92 Å². The van der Waals surface area contributed by atoms with Crippen molar-refractivity contribution in [2.75, 3.05) is 19.7 Å². The van der Waals surface area contributed by atoms with Crippen LogP contribution >= 0.6 is 0 Å². The third kappa shape index (κ3) is 3.40. The molecule has 0 saturated heterocycles. The van der Waals surface area contributed by atoms with E-state index in [1.807, 2.05) is 39.8 Å². The standard InChI is InChI=1S/C17H23NO4/c1-10(2)7-18(8-16(19)20)17(21)14-9-22-15-6-12(4)11(3)5-13(14)15/h5-6,10,14H,7-9H2,1-4H3,(H,19,20). The number of hydrogen-bond donors (Lipinski definition) is 1. The van der Waals surface area contributed by atoms with Gasteiger partial charge in [0.2, 0.25) is 5.91 Å². The fourth-order valence-electron chi connectivity index (χ4n) is 2.73. The van der Waals surface area contributed by atoms with Gasteiger partial charge in [0.05, 0.1) is 0 Å². The largest absolute Gasteiger partial charge is 0.492 e. The monoisotopic (exact) mass is 305 g/mol. The van der Waals surface area contributed by atoms with Crippen LogP contribution < -0.4 is 4.74 Å². The fourth-order valence-corrected chi connectivity index (χ4v) is 2.73. The lowest BCUT2D eigenvalue weighted by Gasteiger charge is -2.25. The van der Waals surface area contributed by atoms with Gasteiger partial charge in [-0.25, -0.2) is 0 Å². The first kappa shape index (κ1) is 16.3. The van der Waals surface area contributed by atoms with Crippen molar-refractivity contribution in [1.82, 2.24) is 4.90 Å². The minimum absolute atomic E-state index is 0.168. The average molecular weight is 305 g/mol. The van der Waals surface area contributed by atoms with Crippen molar-refractivity contribution in [3.63, 3.8) is 0 Å². The van der Waals surface area contributed by atoms with Crippen molar-refractivity contribution >= 4 is 11.9 Å². The van der Waals surface area contributed by atoms with Gasteiger partial charge in [-0.1, -0.05) is 19.9 Å². The Kier molecular flexibility index (Phi) is 4.74. The molecule has 1 aromatic rings. The van der Waals surface area contributed by atoms with E-state index in [1.54, 1.807) is 0 Å². The Balaban J connectivity index is 2.26. The fraction of sp³-hybridized carbons (Fsp3) is 0.529. The van der Waals surface area contributed by atoms with Gasteiger partial charge in [0.1, 0.15) is 24.8 Å². The molecule has 1 unspecified atom stereocenters. The van der Waals surface area contributed by atoms with E-state index in [0.717, 1.165) is 22.4 Å². The van der Waals surface area contributed by atoms with Gasteiger partial charge in [-0.05, 0) is 37.0 Å². The molecule has 1 N–H and O–H groups in total. The molecule has 120 valence electrons. The highest BCUT2D eigenvalue weighted by atomic mass is 16.5. The number of rotatable bonds is 5. The third-order valence-corrected chi connectivity index (χ3v) is 3.93. The van der Waals surface area contributed by atoms with Crippen molar-refractivity contribution in [2.45, 2.75) is 33.6 Å². The third-order valence-electron chi connectivity index (χ3n) is 3.93. The Hall–Kier alpha value is -2.04. The van der Waals surface area contributed by atoms with Crippen molar-refractivity contribution < 1.29 is 19.4 Å². The van der Waals surface area contributed by atoms with Crippen LogP contribution in [0, 0.1) is 19.8 Å². The molecule has 1 heterocycles. The second kappa shape index (κ2) is 6.38. The first-order valence-corrected chi connectivity index (χ1v) is 7.54. The number of carbonyl (C=O) groups is 2. The Labute approximate surface area is 130 Å². The smallest absolute Gasteiger partial charge is 0.323 e. The summed E-state index contributed by atoms with van der Waals surface area (Å²) in [5, 5.41) is 9.04. The summed E-state index contributed by atoms with van der Waals surface area (Å²) < 4.78 is 5.63. The minimum atomic E-state index is -0.992. The normalized spacial score (nSPS) is 16.3. The van der Waals surface area contributed by atoms with Crippen molar-refractivity contribution in [1.29, 1.82) is 0 Å². The topological polar surface area (TPSA) is 66.8 Å². The summed E-state index contributed by atoms with van der Waals surface area (Å²) in [5.74, 6) is -0.621. The molecule has 1 amide bonds. The average Bonchev–Trinajstić information content (AvgIpc) is 2.79. The number of nitrogens with zero attached hydrogens (tertiary/aromatic N) is 1. The summed E-state index contributed by atoms with van der Waals surface area (Å²) in [6.07, 6.45) is 0. The predicted molar refractivity (Wildman–Crippen MR) is 83.2 cm³/mol. The number of aliphatic carboxylic acids is 1. The zero-order valence-electron chi connectivity index (χ0n) is 13.5. The van der Waals surface area contributed by atoms with Crippen LogP contribution in [-0.4, -0.2) is 41.6 Å². The number of benzene rings is 1. The van der Waals surface area contributed by atoms with Crippen LogP contribution in [0.15, 0.2) is 12.1 Å². The molecule has 0 aliphatic carbocycles. The quantitative estimate of drug-likeness (QED) is 0.907. The van der Waals surface area contributed by atoms with Gasteiger partial charge in [0.25, 0.3) is 0 Å². The summed E-state index contributed by atoms with van der Waals surface area (Å²) in [6, 6.07) is 3.93. The van der Waals surface area contributed by atoms with E-state index >= 15 is 0 Å².